The number of rotatable bonds is 2. The van der Waals surface area contributed by atoms with E-state index in [1.54, 1.807) is 11.8 Å². The first-order valence-corrected chi connectivity index (χ1v) is 6.36. The molecule has 1 aliphatic rings. The summed E-state index contributed by atoms with van der Waals surface area (Å²) in [6.07, 6.45) is 2.04. The Hall–Kier alpha value is -0.445. The SMILES string of the molecule is CSC1COB(c2cc(C)cc(C)c2)O1. The predicted molar refractivity (Wildman–Crippen MR) is 65.6 cm³/mol. The quantitative estimate of drug-likeness (QED) is 0.710. The van der Waals surface area contributed by atoms with Crippen molar-refractivity contribution in [1.82, 2.24) is 0 Å². The molecule has 0 aromatic heterocycles. The molecule has 1 saturated heterocycles. The van der Waals surface area contributed by atoms with Gasteiger partial charge in [-0.3, -0.25) is 0 Å². The Bertz CT molecular complexity index is 336. The van der Waals surface area contributed by atoms with Gasteiger partial charge >= 0.3 is 7.12 Å². The van der Waals surface area contributed by atoms with Gasteiger partial charge in [0, 0.05) is 0 Å². The molecule has 0 radical (unpaired) electrons. The molecule has 0 saturated carbocycles. The van der Waals surface area contributed by atoms with Crippen LogP contribution < -0.4 is 5.46 Å². The second-order valence-corrected chi connectivity index (χ2v) is 4.88. The van der Waals surface area contributed by atoms with Crippen LogP contribution in [0.1, 0.15) is 11.1 Å². The zero-order chi connectivity index (χ0) is 10.8. The first-order chi connectivity index (χ1) is 7.19. The molecule has 0 bridgehead atoms. The van der Waals surface area contributed by atoms with Crippen molar-refractivity contribution < 1.29 is 9.31 Å². The molecule has 15 heavy (non-hydrogen) atoms. The highest BCUT2D eigenvalue weighted by atomic mass is 32.2. The van der Waals surface area contributed by atoms with Gasteiger partial charge in [-0.25, -0.2) is 0 Å². The van der Waals surface area contributed by atoms with Gasteiger partial charge in [-0.1, -0.05) is 29.3 Å². The summed E-state index contributed by atoms with van der Waals surface area (Å²) in [6.45, 7) is 4.87. The Morgan fingerprint density at radius 2 is 1.93 bits per heavy atom. The highest BCUT2D eigenvalue weighted by molar-refractivity contribution is 7.99. The second-order valence-electron chi connectivity index (χ2n) is 3.89. The van der Waals surface area contributed by atoms with E-state index >= 15 is 0 Å². The van der Waals surface area contributed by atoms with Gasteiger partial charge in [0.15, 0.2) is 0 Å². The Balaban J connectivity index is 2.16. The number of benzene rings is 1. The normalized spacial score (nSPS) is 21.0. The molecule has 2 nitrogen and oxygen atoms in total. The second kappa shape index (κ2) is 4.60. The molecular formula is C11H15BO2S. The van der Waals surface area contributed by atoms with Gasteiger partial charge < -0.3 is 9.31 Å². The topological polar surface area (TPSA) is 18.5 Å². The van der Waals surface area contributed by atoms with Gasteiger partial charge in [0.25, 0.3) is 0 Å². The van der Waals surface area contributed by atoms with Crippen LogP contribution in [0.15, 0.2) is 18.2 Å². The maximum Gasteiger partial charge on any atom is 0.494 e. The molecule has 0 amide bonds. The molecule has 2 rings (SSSR count). The summed E-state index contributed by atoms with van der Waals surface area (Å²) in [5.41, 5.74) is 3.81. The van der Waals surface area contributed by atoms with E-state index in [2.05, 4.69) is 32.0 Å². The van der Waals surface area contributed by atoms with E-state index < -0.39 is 0 Å². The Labute approximate surface area is 95.5 Å². The maximum absolute atomic E-state index is 5.75. The summed E-state index contributed by atoms with van der Waals surface area (Å²) in [6, 6.07) is 6.41. The fraction of sp³-hybridized carbons (Fsp3) is 0.455. The summed E-state index contributed by atoms with van der Waals surface area (Å²) in [7, 11) is -0.180. The van der Waals surface area contributed by atoms with E-state index in [1.165, 1.54) is 11.1 Å². The van der Waals surface area contributed by atoms with Crippen LogP contribution in [0.25, 0.3) is 0 Å². The molecular weight excluding hydrogens is 207 g/mol. The van der Waals surface area contributed by atoms with Crippen molar-refractivity contribution in [1.29, 1.82) is 0 Å². The van der Waals surface area contributed by atoms with E-state index in [1.807, 2.05) is 6.26 Å². The van der Waals surface area contributed by atoms with Gasteiger partial charge in [0.05, 0.1) is 6.61 Å². The van der Waals surface area contributed by atoms with Gasteiger partial charge in [-0.2, -0.15) is 0 Å². The van der Waals surface area contributed by atoms with Crippen molar-refractivity contribution >= 4 is 24.3 Å². The summed E-state index contributed by atoms with van der Waals surface area (Å²) in [5.74, 6) is 0. The molecule has 4 heteroatoms. The molecule has 1 unspecified atom stereocenters. The number of aryl methyl sites for hydroxylation is 2. The monoisotopic (exact) mass is 222 g/mol. The number of thioether (sulfide) groups is 1. The zero-order valence-corrected chi connectivity index (χ0v) is 10.1. The van der Waals surface area contributed by atoms with E-state index in [-0.39, 0.29) is 12.6 Å². The third-order valence-corrected chi connectivity index (χ3v) is 3.21. The minimum Gasteiger partial charge on any atom is -0.404 e. The van der Waals surface area contributed by atoms with Crippen LogP contribution in [-0.2, 0) is 9.31 Å². The number of hydrogen-bond donors (Lipinski definition) is 0. The Morgan fingerprint density at radius 1 is 1.27 bits per heavy atom. The molecule has 1 atom stereocenters. The van der Waals surface area contributed by atoms with Crippen LogP contribution in [0.3, 0.4) is 0 Å². The van der Waals surface area contributed by atoms with E-state index in [0.29, 0.717) is 6.61 Å². The first kappa shape index (κ1) is 11.1. The largest absolute Gasteiger partial charge is 0.494 e. The van der Waals surface area contributed by atoms with E-state index in [9.17, 15) is 0 Å². The summed E-state index contributed by atoms with van der Waals surface area (Å²) in [4.78, 5) is 0. The lowest BCUT2D eigenvalue weighted by molar-refractivity contribution is 0.331. The molecule has 80 valence electrons. The summed E-state index contributed by atoms with van der Waals surface area (Å²) < 4.78 is 11.4. The minimum atomic E-state index is -0.180. The third kappa shape index (κ3) is 2.57. The fourth-order valence-corrected chi connectivity index (χ4v) is 2.25. The van der Waals surface area contributed by atoms with E-state index in [4.69, 9.17) is 9.31 Å². The van der Waals surface area contributed by atoms with Crippen LogP contribution in [-0.4, -0.2) is 25.4 Å². The average molecular weight is 222 g/mol. The molecule has 0 N–H and O–H groups in total. The van der Waals surface area contributed by atoms with Crippen LogP contribution in [0.4, 0.5) is 0 Å². The van der Waals surface area contributed by atoms with Crippen LogP contribution in [0, 0.1) is 13.8 Å². The zero-order valence-electron chi connectivity index (χ0n) is 9.32. The highest BCUT2D eigenvalue weighted by Gasteiger charge is 2.32. The lowest BCUT2D eigenvalue weighted by Gasteiger charge is -2.08. The smallest absolute Gasteiger partial charge is 0.404 e. The maximum atomic E-state index is 5.75. The van der Waals surface area contributed by atoms with Crippen molar-refractivity contribution in [2.24, 2.45) is 0 Å². The molecule has 1 aromatic rings. The van der Waals surface area contributed by atoms with Gasteiger partial charge in [-0.05, 0) is 25.6 Å². The van der Waals surface area contributed by atoms with Crippen molar-refractivity contribution in [2.75, 3.05) is 12.9 Å². The van der Waals surface area contributed by atoms with Gasteiger partial charge in [0.2, 0.25) is 0 Å². The minimum absolute atomic E-state index is 0.177. The first-order valence-electron chi connectivity index (χ1n) is 5.07. The highest BCUT2D eigenvalue weighted by Crippen LogP contribution is 2.17. The summed E-state index contributed by atoms with van der Waals surface area (Å²) in [5, 5.41) is 0. The molecule has 1 fully saturated rings. The molecule has 1 aliphatic heterocycles. The third-order valence-electron chi connectivity index (χ3n) is 2.44. The van der Waals surface area contributed by atoms with Crippen LogP contribution >= 0.6 is 11.8 Å². The molecule has 0 spiro atoms. The Morgan fingerprint density at radius 3 is 2.47 bits per heavy atom. The molecule has 1 heterocycles. The summed E-state index contributed by atoms with van der Waals surface area (Å²) >= 11 is 1.69. The van der Waals surface area contributed by atoms with Crippen LogP contribution in [0.5, 0.6) is 0 Å². The van der Waals surface area contributed by atoms with Gasteiger partial charge in [0.1, 0.15) is 5.44 Å². The van der Waals surface area contributed by atoms with Crippen molar-refractivity contribution in [3.63, 3.8) is 0 Å². The van der Waals surface area contributed by atoms with Crippen molar-refractivity contribution in [3.8, 4) is 0 Å². The van der Waals surface area contributed by atoms with Crippen molar-refractivity contribution in [2.45, 2.75) is 19.3 Å². The van der Waals surface area contributed by atoms with Crippen LogP contribution in [0.2, 0.25) is 0 Å². The standard InChI is InChI=1S/C11H15BO2S/c1-8-4-9(2)6-10(5-8)12-13-7-11(14-12)15-3/h4-6,11H,7H2,1-3H3. The molecule has 0 aliphatic carbocycles. The average Bonchev–Trinajstić information content (AvgIpc) is 2.64. The molecule has 1 aromatic carbocycles. The predicted octanol–water partition coefficient (Wildman–Crippen LogP) is 1.73. The van der Waals surface area contributed by atoms with Gasteiger partial charge in [-0.15, -0.1) is 11.8 Å². The van der Waals surface area contributed by atoms with Crippen molar-refractivity contribution in [3.05, 3.63) is 29.3 Å². The number of hydrogen-bond acceptors (Lipinski definition) is 3. The lowest BCUT2D eigenvalue weighted by Crippen LogP contribution is -2.32. The Kier molecular flexibility index (Phi) is 3.39. The lowest BCUT2D eigenvalue weighted by atomic mass is 9.78. The van der Waals surface area contributed by atoms with E-state index in [0.717, 1.165) is 5.46 Å². The fourth-order valence-electron chi connectivity index (χ4n) is 1.83.